The standard InChI is InChI=1S/C35H32BrClN2O2/c1-3-40-33-19-24(18-31(36)35(33)41-21-23-6-4-7-26(37)17-23)20-38-27-13-11-25(12-14-27)34-29-9-5-8-28(29)30-16-22(2)10-15-32(30)39-34/h4-8,10-20,28-29,34,39H,3,9,21H2,1-2H3/t28-,29-,34-/m0/s1. The molecule has 1 aliphatic heterocycles. The molecule has 0 amide bonds. The van der Waals surface area contributed by atoms with Gasteiger partial charge in [0.15, 0.2) is 11.5 Å². The lowest BCUT2D eigenvalue weighted by Crippen LogP contribution is -2.29. The second kappa shape index (κ2) is 12.1. The van der Waals surface area contributed by atoms with Gasteiger partial charge in [-0.05, 0) is 107 Å². The van der Waals surface area contributed by atoms with Crippen molar-refractivity contribution in [3.63, 3.8) is 0 Å². The molecule has 2 aliphatic rings. The summed E-state index contributed by atoms with van der Waals surface area (Å²) in [5.41, 5.74) is 8.06. The normalized spacial score (nSPS) is 19.1. The summed E-state index contributed by atoms with van der Waals surface area (Å²) in [7, 11) is 0. The van der Waals surface area contributed by atoms with E-state index < -0.39 is 0 Å². The molecule has 6 rings (SSSR count). The van der Waals surface area contributed by atoms with Crippen LogP contribution in [0.15, 0.2) is 100 Å². The van der Waals surface area contributed by atoms with E-state index in [2.05, 4.69) is 82.8 Å². The molecule has 1 N–H and O–H groups in total. The number of ether oxygens (including phenoxy) is 2. The number of rotatable bonds is 8. The maximum Gasteiger partial charge on any atom is 0.175 e. The van der Waals surface area contributed by atoms with Gasteiger partial charge in [0.1, 0.15) is 6.61 Å². The molecular weight excluding hydrogens is 596 g/mol. The van der Waals surface area contributed by atoms with Gasteiger partial charge in [-0.15, -0.1) is 0 Å². The molecule has 0 radical (unpaired) electrons. The quantitative estimate of drug-likeness (QED) is 0.156. The Balaban J connectivity index is 1.18. The van der Waals surface area contributed by atoms with Crippen LogP contribution >= 0.6 is 27.5 Å². The Bertz CT molecular complexity index is 1620. The van der Waals surface area contributed by atoms with Gasteiger partial charge >= 0.3 is 0 Å². The van der Waals surface area contributed by atoms with E-state index in [1.807, 2.05) is 49.5 Å². The van der Waals surface area contributed by atoms with E-state index in [0.29, 0.717) is 41.6 Å². The second-order valence-electron chi connectivity index (χ2n) is 10.6. The number of aryl methyl sites for hydroxylation is 1. The van der Waals surface area contributed by atoms with Crippen molar-refractivity contribution < 1.29 is 9.47 Å². The molecule has 208 valence electrons. The number of hydrogen-bond donors (Lipinski definition) is 1. The molecule has 41 heavy (non-hydrogen) atoms. The Labute approximate surface area is 255 Å². The van der Waals surface area contributed by atoms with Crippen molar-refractivity contribution in [1.29, 1.82) is 0 Å². The fourth-order valence-corrected chi connectivity index (χ4v) is 6.60. The molecule has 0 aromatic heterocycles. The van der Waals surface area contributed by atoms with Crippen LogP contribution in [0, 0.1) is 12.8 Å². The number of nitrogens with one attached hydrogen (secondary N) is 1. The highest BCUT2D eigenvalue weighted by Crippen LogP contribution is 2.50. The lowest BCUT2D eigenvalue weighted by Gasteiger charge is -2.37. The van der Waals surface area contributed by atoms with Gasteiger partial charge < -0.3 is 14.8 Å². The van der Waals surface area contributed by atoms with Crippen molar-refractivity contribution in [3.05, 3.63) is 128 Å². The number of halogens is 2. The van der Waals surface area contributed by atoms with E-state index in [1.165, 1.54) is 22.4 Å². The average molecular weight is 628 g/mol. The van der Waals surface area contributed by atoms with Gasteiger partial charge in [-0.1, -0.05) is 65.7 Å². The topological polar surface area (TPSA) is 42.8 Å². The largest absolute Gasteiger partial charge is 0.490 e. The van der Waals surface area contributed by atoms with Crippen LogP contribution in [-0.4, -0.2) is 12.8 Å². The van der Waals surface area contributed by atoms with E-state index >= 15 is 0 Å². The van der Waals surface area contributed by atoms with E-state index in [4.69, 9.17) is 26.1 Å². The first-order valence-electron chi connectivity index (χ1n) is 14.0. The summed E-state index contributed by atoms with van der Waals surface area (Å²) >= 11 is 9.80. The third-order valence-corrected chi connectivity index (χ3v) is 8.56. The van der Waals surface area contributed by atoms with Gasteiger partial charge in [0.25, 0.3) is 0 Å². The highest BCUT2D eigenvalue weighted by Gasteiger charge is 2.37. The van der Waals surface area contributed by atoms with Crippen LogP contribution in [0.4, 0.5) is 11.4 Å². The zero-order chi connectivity index (χ0) is 28.3. The summed E-state index contributed by atoms with van der Waals surface area (Å²) in [5.74, 6) is 2.31. The number of hydrogen-bond acceptors (Lipinski definition) is 4. The first-order chi connectivity index (χ1) is 20.0. The third-order valence-electron chi connectivity index (χ3n) is 7.74. The van der Waals surface area contributed by atoms with Gasteiger partial charge in [0, 0.05) is 22.8 Å². The first-order valence-corrected chi connectivity index (χ1v) is 15.2. The van der Waals surface area contributed by atoms with E-state index in [9.17, 15) is 0 Å². The predicted octanol–water partition coefficient (Wildman–Crippen LogP) is 9.97. The molecule has 4 aromatic carbocycles. The molecule has 4 nitrogen and oxygen atoms in total. The Morgan fingerprint density at radius 3 is 2.68 bits per heavy atom. The number of fused-ring (bicyclic) bond motifs is 3. The van der Waals surface area contributed by atoms with E-state index in [1.54, 1.807) is 0 Å². The zero-order valence-corrected chi connectivity index (χ0v) is 25.5. The summed E-state index contributed by atoms with van der Waals surface area (Å²) in [5, 5.41) is 4.51. The number of benzene rings is 4. The van der Waals surface area contributed by atoms with Crippen LogP contribution in [0.5, 0.6) is 11.5 Å². The molecule has 0 unspecified atom stereocenters. The maximum absolute atomic E-state index is 6.13. The minimum absolute atomic E-state index is 0.271. The molecule has 0 saturated carbocycles. The highest BCUT2D eigenvalue weighted by atomic mass is 79.9. The van der Waals surface area contributed by atoms with Crippen molar-refractivity contribution in [2.45, 2.75) is 38.8 Å². The molecule has 0 bridgehead atoms. The van der Waals surface area contributed by atoms with Crippen molar-refractivity contribution in [2.24, 2.45) is 10.9 Å². The Hall–Kier alpha value is -3.54. The van der Waals surface area contributed by atoms with Crippen LogP contribution in [0.3, 0.4) is 0 Å². The molecule has 3 atom stereocenters. The highest BCUT2D eigenvalue weighted by molar-refractivity contribution is 9.10. The van der Waals surface area contributed by atoms with Crippen LogP contribution in [0.1, 0.15) is 53.1 Å². The summed E-state index contributed by atoms with van der Waals surface area (Å²) < 4.78 is 12.8. The monoisotopic (exact) mass is 626 g/mol. The molecule has 6 heteroatoms. The molecule has 1 aliphatic carbocycles. The predicted molar refractivity (Wildman–Crippen MR) is 172 cm³/mol. The fourth-order valence-electron chi connectivity index (χ4n) is 5.81. The lowest BCUT2D eigenvalue weighted by atomic mass is 9.76. The van der Waals surface area contributed by atoms with Crippen molar-refractivity contribution in [3.8, 4) is 11.5 Å². The van der Waals surface area contributed by atoms with Crippen LogP contribution in [0.25, 0.3) is 0 Å². The fraction of sp³-hybridized carbons (Fsp3) is 0.229. The summed E-state index contributed by atoms with van der Waals surface area (Å²) in [6, 6.07) is 27.2. The molecule has 0 spiro atoms. The Morgan fingerprint density at radius 2 is 1.88 bits per heavy atom. The van der Waals surface area contributed by atoms with Gasteiger partial charge in [-0.3, -0.25) is 4.99 Å². The number of nitrogens with zero attached hydrogens (tertiary/aromatic N) is 1. The lowest BCUT2D eigenvalue weighted by molar-refractivity contribution is 0.267. The maximum atomic E-state index is 6.13. The van der Waals surface area contributed by atoms with Gasteiger partial charge in [0.2, 0.25) is 0 Å². The molecular formula is C35H32BrClN2O2. The average Bonchev–Trinajstić information content (AvgIpc) is 3.46. The van der Waals surface area contributed by atoms with Crippen molar-refractivity contribution in [1.82, 2.24) is 0 Å². The van der Waals surface area contributed by atoms with Crippen molar-refractivity contribution in [2.75, 3.05) is 11.9 Å². The summed E-state index contributed by atoms with van der Waals surface area (Å²) in [4.78, 5) is 4.76. The summed E-state index contributed by atoms with van der Waals surface area (Å²) in [6.45, 7) is 5.04. The van der Waals surface area contributed by atoms with E-state index in [-0.39, 0.29) is 6.04 Å². The Morgan fingerprint density at radius 1 is 1.02 bits per heavy atom. The SMILES string of the molecule is CCOc1cc(C=Nc2ccc([C@@H]3Nc4ccc(C)cc4[C@H]4C=CC[C@@H]43)cc2)cc(Br)c1OCc1cccc(Cl)c1. The van der Waals surface area contributed by atoms with Crippen LogP contribution < -0.4 is 14.8 Å². The molecule has 0 saturated heterocycles. The third kappa shape index (κ3) is 6.07. The number of aliphatic imine (C=N–C) groups is 1. The Kier molecular flexibility index (Phi) is 8.18. The molecule has 0 fully saturated rings. The number of allylic oxidation sites excluding steroid dienone is 2. The number of anilines is 1. The first kappa shape index (κ1) is 27.6. The van der Waals surface area contributed by atoms with Gasteiger partial charge in [-0.25, -0.2) is 0 Å². The molecule has 1 heterocycles. The van der Waals surface area contributed by atoms with Crippen LogP contribution in [0.2, 0.25) is 5.02 Å². The van der Waals surface area contributed by atoms with E-state index in [0.717, 1.165) is 27.7 Å². The smallest absolute Gasteiger partial charge is 0.175 e. The minimum atomic E-state index is 0.271. The second-order valence-corrected chi connectivity index (χ2v) is 11.9. The van der Waals surface area contributed by atoms with Crippen LogP contribution in [-0.2, 0) is 6.61 Å². The zero-order valence-electron chi connectivity index (χ0n) is 23.1. The minimum Gasteiger partial charge on any atom is -0.490 e. The molecule has 4 aromatic rings. The van der Waals surface area contributed by atoms with Gasteiger partial charge in [-0.2, -0.15) is 0 Å². The van der Waals surface area contributed by atoms with Crippen molar-refractivity contribution >= 4 is 45.1 Å². The van der Waals surface area contributed by atoms with Gasteiger partial charge in [0.05, 0.1) is 22.8 Å². The summed E-state index contributed by atoms with van der Waals surface area (Å²) in [6.07, 6.45) is 7.67.